The lowest BCUT2D eigenvalue weighted by atomic mass is 10.1. The topological polar surface area (TPSA) is 66.0 Å². The van der Waals surface area contributed by atoms with Crippen LogP contribution in [0.3, 0.4) is 0 Å². The van der Waals surface area contributed by atoms with Crippen molar-refractivity contribution in [1.82, 2.24) is 0 Å². The smallest absolute Gasteiger partial charge is 0.175 e. The van der Waals surface area contributed by atoms with Crippen LogP contribution in [0.2, 0.25) is 0 Å². The highest BCUT2D eigenvalue weighted by atomic mass is 79.9. The molecule has 24 heavy (non-hydrogen) atoms. The van der Waals surface area contributed by atoms with Crippen molar-refractivity contribution in [1.29, 1.82) is 10.5 Å². The van der Waals surface area contributed by atoms with E-state index in [1.807, 2.05) is 0 Å². The third kappa shape index (κ3) is 4.34. The normalized spacial score (nSPS) is 9.54. The Bertz CT molecular complexity index is 833. The summed E-state index contributed by atoms with van der Waals surface area (Å²) in [5.74, 6) is 0.627. The van der Waals surface area contributed by atoms with Crippen molar-refractivity contribution in [2.24, 2.45) is 0 Å². The van der Waals surface area contributed by atoms with Crippen LogP contribution in [0.15, 0.2) is 46.4 Å². The van der Waals surface area contributed by atoms with Gasteiger partial charge in [-0.1, -0.05) is 12.1 Å². The van der Waals surface area contributed by atoms with Crippen LogP contribution in [0.25, 0.3) is 6.08 Å². The Morgan fingerprint density at radius 1 is 1.21 bits per heavy atom. The molecule has 0 radical (unpaired) electrons. The number of hydrogen-bond donors (Lipinski definition) is 0. The van der Waals surface area contributed by atoms with Crippen molar-refractivity contribution in [3.05, 3.63) is 63.4 Å². The Labute approximate surface area is 147 Å². The van der Waals surface area contributed by atoms with Crippen molar-refractivity contribution in [3.63, 3.8) is 0 Å². The van der Waals surface area contributed by atoms with Crippen molar-refractivity contribution < 1.29 is 13.9 Å². The van der Waals surface area contributed by atoms with E-state index in [1.165, 1.54) is 25.3 Å². The summed E-state index contributed by atoms with van der Waals surface area (Å²) in [6.07, 6.45) is 1.46. The first-order valence-electron chi connectivity index (χ1n) is 6.84. The van der Waals surface area contributed by atoms with Crippen molar-refractivity contribution in [2.45, 2.75) is 6.61 Å². The molecule has 2 aromatic carbocycles. The fourth-order valence-corrected chi connectivity index (χ4v) is 2.53. The van der Waals surface area contributed by atoms with Gasteiger partial charge in [0.1, 0.15) is 30.1 Å². The standard InChI is InChI=1S/C18H12BrFN2O2/c1-23-17-8-13(6-14(9-21)10-22)7-16(19)18(17)24-11-12-2-4-15(20)5-3-12/h2-8H,11H2,1H3. The molecule has 0 amide bonds. The first-order valence-corrected chi connectivity index (χ1v) is 7.63. The highest BCUT2D eigenvalue weighted by Gasteiger charge is 2.12. The minimum Gasteiger partial charge on any atom is -0.493 e. The van der Waals surface area contributed by atoms with E-state index in [2.05, 4.69) is 15.9 Å². The van der Waals surface area contributed by atoms with Crippen molar-refractivity contribution in [3.8, 4) is 23.6 Å². The molecule has 120 valence electrons. The summed E-state index contributed by atoms with van der Waals surface area (Å²) in [5.41, 5.74) is 1.43. The van der Waals surface area contributed by atoms with E-state index in [9.17, 15) is 4.39 Å². The average Bonchev–Trinajstić information content (AvgIpc) is 2.59. The number of methoxy groups -OCH3 is 1. The molecule has 0 fully saturated rings. The van der Waals surface area contributed by atoms with Gasteiger partial charge in [0.2, 0.25) is 0 Å². The predicted molar refractivity (Wildman–Crippen MR) is 90.6 cm³/mol. The van der Waals surface area contributed by atoms with Gasteiger partial charge in [0.15, 0.2) is 11.5 Å². The summed E-state index contributed by atoms with van der Waals surface area (Å²) < 4.78 is 24.6. The van der Waals surface area contributed by atoms with Gasteiger partial charge in [-0.2, -0.15) is 10.5 Å². The number of benzene rings is 2. The lowest BCUT2D eigenvalue weighted by Gasteiger charge is -2.13. The van der Waals surface area contributed by atoms with Gasteiger partial charge in [-0.05, 0) is 57.4 Å². The Morgan fingerprint density at radius 3 is 2.46 bits per heavy atom. The minimum atomic E-state index is -0.306. The number of ether oxygens (including phenoxy) is 2. The molecule has 0 saturated carbocycles. The lowest BCUT2D eigenvalue weighted by molar-refractivity contribution is 0.282. The van der Waals surface area contributed by atoms with Crippen LogP contribution in [0.4, 0.5) is 4.39 Å². The molecule has 0 spiro atoms. The maximum absolute atomic E-state index is 12.9. The molecule has 0 bridgehead atoms. The second kappa shape index (κ2) is 8.14. The maximum atomic E-state index is 12.9. The van der Waals surface area contributed by atoms with E-state index in [1.54, 1.807) is 36.4 Å². The molecule has 4 nitrogen and oxygen atoms in total. The molecule has 0 N–H and O–H groups in total. The molecule has 0 unspecified atom stereocenters. The third-order valence-corrected chi connectivity index (χ3v) is 3.69. The van der Waals surface area contributed by atoms with Crippen LogP contribution in [-0.2, 0) is 6.61 Å². The Kier molecular flexibility index (Phi) is 5.95. The van der Waals surface area contributed by atoms with Crippen molar-refractivity contribution >= 4 is 22.0 Å². The molecular weight excluding hydrogens is 375 g/mol. The third-order valence-electron chi connectivity index (χ3n) is 3.10. The Morgan fingerprint density at radius 2 is 1.88 bits per heavy atom. The van der Waals surface area contributed by atoms with E-state index in [0.29, 0.717) is 21.5 Å². The van der Waals surface area contributed by atoms with E-state index < -0.39 is 0 Å². The maximum Gasteiger partial charge on any atom is 0.175 e. The molecule has 0 atom stereocenters. The molecule has 0 heterocycles. The summed E-state index contributed by atoms with van der Waals surface area (Å²) in [4.78, 5) is 0. The van der Waals surface area contributed by atoms with Gasteiger partial charge in [-0.25, -0.2) is 4.39 Å². The SMILES string of the molecule is COc1cc(C=C(C#N)C#N)cc(Br)c1OCc1ccc(F)cc1. The Balaban J connectivity index is 2.27. The largest absolute Gasteiger partial charge is 0.493 e. The monoisotopic (exact) mass is 386 g/mol. The summed E-state index contributed by atoms with van der Waals surface area (Å²) in [5, 5.41) is 17.7. The number of nitrogens with zero attached hydrogens (tertiary/aromatic N) is 2. The van der Waals surface area contributed by atoms with Gasteiger partial charge in [0.05, 0.1) is 11.6 Å². The number of halogens is 2. The van der Waals surface area contributed by atoms with Crippen LogP contribution < -0.4 is 9.47 Å². The highest BCUT2D eigenvalue weighted by Crippen LogP contribution is 2.37. The number of hydrogen-bond acceptors (Lipinski definition) is 4. The van der Waals surface area contributed by atoms with Gasteiger partial charge in [-0.3, -0.25) is 0 Å². The van der Waals surface area contributed by atoms with Gasteiger partial charge in [0.25, 0.3) is 0 Å². The van der Waals surface area contributed by atoms with Crippen LogP contribution in [0, 0.1) is 28.5 Å². The van der Waals surface area contributed by atoms with E-state index in [4.69, 9.17) is 20.0 Å². The summed E-state index contributed by atoms with van der Waals surface area (Å²) >= 11 is 3.40. The molecule has 0 saturated heterocycles. The predicted octanol–water partition coefficient (Wildman–Crippen LogP) is 4.61. The molecule has 2 rings (SSSR count). The fraction of sp³-hybridized carbons (Fsp3) is 0.111. The average molecular weight is 387 g/mol. The first-order chi connectivity index (χ1) is 11.6. The van der Waals surface area contributed by atoms with E-state index in [-0.39, 0.29) is 18.0 Å². The van der Waals surface area contributed by atoms with Crippen LogP contribution >= 0.6 is 15.9 Å². The zero-order valence-electron chi connectivity index (χ0n) is 12.7. The molecule has 0 aromatic heterocycles. The summed E-state index contributed by atoms with van der Waals surface area (Å²) in [6.45, 7) is 0.242. The molecule has 2 aromatic rings. The molecule has 6 heteroatoms. The minimum absolute atomic E-state index is 0.0102. The summed E-state index contributed by atoms with van der Waals surface area (Å²) in [6, 6.07) is 13.0. The number of allylic oxidation sites excluding steroid dienone is 1. The van der Waals surface area contributed by atoms with E-state index >= 15 is 0 Å². The molecule has 0 aliphatic heterocycles. The van der Waals surface area contributed by atoms with Gasteiger partial charge >= 0.3 is 0 Å². The fourth-order valence-electron chi connectivity index (χ4n) is 1.96. The van der Waals surface area contributed by atoms with Crippen LogP contribution in [0.1, 0.15) is 11.1 Å². The first kappa shape index (κ1) is 17.5. The number of rotatable bonds is 5. The Hall–Kier alpha value is -2.83. The van der Waals surface area contributed by atoms with Gasteiger partial charge in [0, 0.05) is 0 Å². The highest BCUT2D eigenvalue weighted by molar-refractivity contribution is 9.10. The zero-order valence-corrected chi connectivity index (χ0v) is 14.3. The van der Waals surface area contributed by atoms with E-state index in [0.717, 1.165) is 5.56 Å². The zero-order chi connectivity index (χ0) is 17.5. The van der Waals surface area contributed by atoms with Crippen LogP contribution in [0.5, 0.6) is 11.5 Å². The van der Waals surface area contributed by atoms with Crippen molar-refractivity contribution in [2.75, 3.05) is 7.11 Å². The second-order valence-electron chi connectivity index (χ2n) is 4.73. The summed E-state index contributed by atoms with van der Waals surface area (Å²) in [7, 11) is 1.50. The van der Waals surface area contributed by atoms with Crippen LogP contribution in [-0.4, -0.2) is 7.11 Å². The van der Waals surface area contributed by atoms with Gasteiger partial charge < -0.3 is 9.47 Å². The van der Waals surface area contributed by atoms with Gasteiger partial charge in [-0.15, -0.1) is 0 Å². The molecule has 0 aliphatic rings. The number of nitriles is 2. The molecule has 0 aliphatic carbocycles. The quantitative estimate of drug-likeness (QED) is 0.703. The molecular formula is C18H12BrFN2O2. The lowest BCUT2D eigenvalue weighted by Crippen LogP contribution is -1.99. The second-order valence-corrected chi connectivity index (χ2v) is 5.59.